The van der Waals surface area contributed by atoms with Crippen LogP contribution in [0.15, 0.2) is 36.7 Å². The second-order valence-corrected chi connectivity index (χ2v) is 4.37. The maximum atomic E-state index is 12.5. The van der Waals surface area contributed by atoms with Gasteiger partial charge in [0.05, 0.1) is 18.0 Å². The lowest BCUT2D eigenvalue weighted by Crippen LogP contribution is -2.27. The first-order valence-electron chi connectivity index (χ1n) is 6.24. The van der Waals surface area contributed by atoms with Gasteiger partial charge in [0, 0.05) is 5.56 Å². The van der Waals surface area contributed by atoms with Gasteiger partial charge in [0.15, 0.2) is 11.6 Å². The molecule has 1 atom stereocenters. The third kappa shape index (κ3) is 3.91. The lowest BCUT2D eigenvalue weighted by atomic mass is 10.1. The highest BCUT2D eigenvalue weighted by atomic mass is 19.4. The van der Waals surface area contributed by atoms with E-state index in [1.807, 2.05) is 6.92 Å². The first-order chi connectivity index (χ1) is 9.90. The third-order valence-corrected chi connectivity index (χ3v) is 2.82. The average molecular weight is 297 g/mol. The molecule has 4 nitrogen and oxygen atoms in total. The molecular formula is C14H14F3N3O. The normalized spacial score (nSPS) is 13.0. The van der Waals surface area contributed by atoms with Crippen molar-refractivity contribution in [1.29, 1.82) is 0 Å². The fourth-order valence-electron chi connectivity index (χ4n) is 1.60. The van der Waals surface area contributed by atoms with Crippen LogP contribution in [0.4, 0.5) is 13.2 Å². The summed E-state index contributed by atoms with van der Waals surface area (Å²) >= 11 is 0. The SMILES string of the molecule is CNC(C)Oc1cnc(-c2ccc(C(F)(F)F)cc2)nc1. The van der Waals surface area contributed by atoms with Gasteiger partial charge in [-0.2, -0.15) is 13.2 Å². The smallest absolute Gasteiger partial charge is 0.416 e. The van der Waals surface area contributed by atoms with Crippen molar-refractivity contribution in [2.45, 2.75) is 19.3 Å². The van der Waals surface area contributed by atoms with E-state index in [0.717, 1.165) is 12.1 Å². The minimum absolute atomic E-state index is 0.189. The van der Waals surface area contributed by atoms with Crippen LogP contribution in [0.5, 0.6) is 5.75 Å². The predicted molar refractivity (Wildman–Crippen MR) is 71.6 cm³/mol. The van der Waals surface area contributed by atoms with Crippen LogP contribution in [0, 0.1) is 0 Å². The second kappa shape index (κ2) is 6.09. The van der Waals surface area contributed by atoms with Gasteiger partial charge in [0.25, 0.3) is 0 Å². The van der Waals surface area contributed by atoms with Gasteiger partial charge in [-0.25, -0.2) is 9.97 Å². The lowest BCUT2D eigenvalue weighted by Gasteiger charge is -2.12. The van der Waals surface area contributed by atoms with E-state index in [2.05, 4.69) is 15.3 Å². The molecule has 1 unspecified atom stereocenters. The maximum Gasteiger partial charge on any atom is 0.416 e. The standard InChI is InChI=1S/C14H14F3N3O/c1-9(18-2)21-12-7-19-13(20-8-12)10-3-5-11(6-4-10)14(15,16)17/h3-9,18H,1-2H3. The third-order valence-electron chi connectivity index (χ3n) is 2.82. The molecule has 1 N–H and O–H groups in total. The molecule has 1 aromatic carbocycles. The number of hydrogen-bond donors (Lipinski definition) is 1. The number of nitrogens with zero attached hydrogens (tertiary/aromatic N) is 2. The van der Waals surface area contributed by atoms with Gasteiger partial charge in [0.2, 0.25) is 0 Å². The Bertz CT molecular complexity index is 582. The Morgan fingerprint density at radius 2 is 1.67 bits per heavy atom. The van der Waals surface area contributed by atoms with Gasteiger partial charge in [-0.05, 0) is 26.1 Å². The van der Waals surface area contributed by atoms with Crippen molar-refractivity contribution in [1.82, 2.24) is 15.3 Å². The molecule has 2 rings (SSSR count). The van der Waals surface area contributed by atoms with E-state index in [0.29, 0.717) is 17.1 Å². The van der Waals surface area contributed by atoms with Gasteiger partial charge in [-0.1, -0.05) is 12.1 Å². The van der Waals surface area contributed by atoms with Crippen LogP contribution in [0.2, 0.25) is 0 Å². The number of alkyl halides is 3. The minimum Gasteiger partial charge on any atom is -0.472 e. The zero-order valence-corrected chi connectivity index (χ0v) is 11.5. The number of hydrogen-bond acceptors (Lipinski definition) is 4. The molecule has 0 aliphatic heterocycles. The quantitative estimate of drug-likeness (QED) is 0.881. The van der Waals surface area contributed by atoms with Crippen molar-refractivity contribution < 1.29 is 17.9 Å². The molecule has 0 radical (unpaired) electrons. The van der Waals surface area contributed by atoms with Crippen molar-refractivity contribution >= 4 is 0 Å². The number of halogens is 3. The minimum atomic E-state index is -4.35. The Morgan fingerprint density at radius 3 is 2.14 bits per heavy atom. The highest BCUT2D eigenvalue weighted by molar-refractivity contribution is 5.55. The molecule has 0 saturated carbocycles. The highest BCUT2D eigenvalue weighted by Crippen LogP contribution is 2.30. The molecule has 0 aliphatic rings. The Balaban J connectivity index is 2.15. The average Bonchev–Trinajstić information content (AvgIpc) is 2.47. The summed E-state index contributed by atoms with van der Waals surface area (Å²) < 4.78 is 42.9. The summed E-state index contributed by atoms with van der Waals surface area (Å²) in [5.41, 5.74) is -0.190. The van der Waals surface area contributed by atoms with Crippen molar-refractivity contribution in [2.24, 2.45) is 0 Å². The van der Waals surface area contributed by atoms with Crippen LogP contribution < -0.4 is 10.1 Å². The maximum absolute atomic E-state index is 12.5. The van der Waals surface area contributed by atoms with E-state index < -0.39 is 11.7 Å². The zero-order valence-electron chi connectivity index (χ0n) is 11.5. The molecule has 1 heterocycles. The second-order valence-electron chi connectivity index (χ2n) is 4.37. The van der Waals surface area contributed by atoms with E-state index in [-0.39, 0.29) is 6.23 Å². The Kier molecular flexibility index (Phi) is 4.42. The van der Waals surface area contributed by atoms with E-state index in [4.69, 9.17) is 4.74 Å². The van der Waals surface area contributed by atoms with Crippen molar-refractivity contribution in [3.63, 3.8) is 0 Å². The summed E-state index contributed by atoms with van der Waals surface area (Å²) in [6, 6.07) is 4.70. The van der Waals surface area contributed by atoms with Gasteiger partial charge in [-0.3, -0.25) is 5.32 Å². The first kappa shape index (κ1) is 15.2. The Morgan fingerprint density at radius 1 is 1.10 bits per heavy atom. The van der Waals surface area contributed by atoms with Crippen LogP contribution in [-0.4, -0.2) is 23.2 Å². The van der Waals surface area contributed by atoms with Crippen molar-refractivity contribution in [3.8, 4) is 17.1 Å². The summed E-state index contributed by atoms with van der Waals surface area (Å²) in [6.07, 6.45) is -1.58. The molecule has 2 aromatic rings. The molecule has 21 heavy (non-hydrogen) atoms. The number of rotatable bonds is 4. The van der Waals surface area contributed by atoms with Crippen LogP contribution in [0.1, 0.15) is 12.5 Å². The van der Waals surface area contributed by atoms with E-state index in [9.17, 15) is 13.2 Å². The Labute approximate surface area is 120 Å². The molecule has 7 heteroatoms. The molecule has 0 bridgehead atoms. The van der Waals surface area contributed by atoms with Gasteiger partial charge >= 0.3 is 6.18 Å². The fourth-order valence-corrected chi connectivity index (χ4v) is 1.60. The predicted octanol–water partition coefficient (Wildman–Crippen LogP) is 3.11. The van der Waals surface area contributed by atoms with Crippen molar-refractivity contribution in [3.05, 3.63) is 42.2 Å². The van der Waals surface area contributed by atoms with Gasteiger partial charge in [0.1, 0.15) is 6.23 Å². The summed E-state index contributed by atoms with van der Waals surface area (Å²) in [6.45, 7) is 1.82. The van der Waals surface area contributed by atoms with Crippen LogP contribution in [0.25, 0.3) is 11.4 Å². The molecule has 0 spiro atoms. The summed E-state index contributed by atoms with van der Waals surface area (Å²) in [7, 11) is 1.75. The van der Waals surface area contributed by atoms with Crippen LogP contribution in [-0.2, 0) is 6.18 Å². The number of ether oxygens (including phenoxy) is 1. The number of benzene rings is 1. The summed E-state index contributed by atoms with van der Waals surface area (Å²) in [5.74, 6) is 0.820. The zero-order chi connectivity index (χ0) is 15.5. The molecule has 0 aliphatic carbocycles. The van der Waals surface area contributed by atoms with Crippen molar-refractivity contribution in [2.75, 3.05) is 7.05 Å². The van der Waals surface area contributed by atoms with E-state index in [1.54, 1.807) is 7.05 Å². The largest absolute Gasteiger partial charge is 0.472 e. The lowest BCUT2D eigenvalue weighted by molar-refractivity contribution is -0.137. The van der Waals surface area contributed by atoms with Gasteiger partial charge in [-0.15, -0.1) is 0 Å². The molecular weight excluding hydrogens is 283 g/mol. The first-order valence-corrected chi connectivity index (χ1v) is 6.24. The molecule has 0 fully saturated rings. The summed E-state index contributed by atoms with van der Waals surface area (Å²) in [5, 5.41) is 2.90. The monoisotopic (exact) mass is 297 g/mol. The molecule has 0 amide bonds. The van der Waals surface area contributed by atoms with Gasteiger partial charge < -0.3 is 4.74 Å². The fraction of sp³-hybridized carbons (Fsp3) is 0.286. The molecule has 112 valence electrons. The molecule has 1 aromatic heterocycles. The van der Waals surface area contributed by atoms with E-state index in [1.165, 1.54) is 24.5 Å². The van der Waals surface area contributed by atoms with Crippen LogP contribution >= 0.6 is 0 Å². The Hall–Kier alpha value is -2.15. The number of nitrogens with one attached hydrogen (secondary N) is 1. The highest BCUT2D eigenvalue weighted by Gasteiger charge is 2.30. The summed E-state index contributed by atoms with van der Waals surface area (Å²) in [4.78, 5) is 8.17. The molecule has 0 saturated heterocycles. The number of aromatic nitrogens is 2. The topological polar surface area (TPSA) is 47.0 Å². The van der Waals surface area contributed by atoms with Crippen LogP contribution in [0.3, 0.4) is 0 Å². The van der Waals surface area contributed by atoms with E-state index >= 15 is 0 Å².